The molecule has 4 rings (SSSR count). The molecule has 2 heterocycles. The lowest BCUT2D eigenvalue weighted by atomic mass is 9.79. The monoisotopic (exact) mass is 580 g/mol. The number of pyridine rings is 1. The molecule has 39 heavy (non-hydrogen) atoms. The van der Waals surface area contributed by atoms with Gasteiger partial charge in [-0.3, -0.25) is 14.6 Å². The van der Waals surface area contributed by atoms with Crippen LogP contribution < -0.4 is 4.74 Å². The molecule has 3 aromatic rings. The number of fused-ring (bicyclic) bond motifs is 1. The molecule has 0 aliphatic carbocycles. The van der Waals surface area contributed by atoms with Crippen molar-refractivity contribution in [2.75, 3.05) is 32.5 Å². The molecule has 1 N–H and O–H groups in total. The summed E-state index contributed by atoms with van der Waals surface area (Å²) >= 11 is 7.39. The predicted molar refractivity (Wildman–Crippen MR) is 144 cm³/mol. The number of carboxylic acids is 1. The van der Waals surface area contributed by atoms with Crippen molar-refractivity contribution in [3.05, 3.63) is 64.6 Å². The highest BCUT2D eigenvalue weighted by atomic mass is 35.5. The molecule has 1 fully saturated rings. The number of carbonyl (C=O) groups excluding carboxylic acids is 1. The van der Waals surface area contributed by atoms with Crippen molar-refractivity contribution in [3.8, 4) is 5.75 Å². The molecule has 2 atom stereocenters. The van der Waals surface area contributed by atoms with Gasteiger partial charge in [0.05, 0.1) is 17.6 Å². The number of nitrogens with zero attached hydrogens (tertiary/aromatic N) is 2. The summed E-state index contributed by atoms with van der Waals surface area (Å²) in [6, 6.07) is 6.72. The molecule has 208 valence electrons. The number of methoxy groups -OCH3 is 1. The Morgan fingerprint density at radius 1 is 1.21 bits per heavy atom. The third-order valence-electron chi connectivity index (χ3n) is 7.09. The first-order valence-electron chi connectivity index (χ1n) is 12.5. The number of hydrogen-bond donors (Lipinski definition) is 1. The molecule has 11 heteroatoms. The number of rotatable bonds is 11. The Balaban J connectivity index is 1.38. The Morgan fingerprint density at radius 2 is 2.00 bits per heavy atom. The number of halogens is 4. The highest BCUT2D eigenvalue weighted by Crippen LogP contribution is 2.34. The molecule has 0 bridgehead atoms. The van der Waals surface area contributed by atoms with Crippen molar-refractivity contribution < 1.29 is 32.6 Å². The zero-order chi connectivity index (χ0) is 28.1. The van der Waals surface area contributed by atoms with Gasteiger partial charge < -0.3 is 14.7 Å². The van der Waals surface area contributed by atoms with E-state index in [0.29, 0.717) is 66.5 Å². The van der Waals surface area contributed by atoms with E-state index in [0.717, 1.165) is 17.8 Å². The molecule has 2 unspecified atom stereocenters. The lowest BCUT2D eigenvalue weighted by molar-refractivity contribution is -0.139. The Kier molecular flexibility index (Phi) is 9.74. The number of ketones is 1. The number of likely N-dealkylation sites (tertiary alicyclic amines) is 1. The summed E-state index contributed by atoms with van der Waals surface area (Å²) in [5.74, 6) is -3.39. The number of carbonyl (C=O) groups is 2. The molecule has 6 nitrogen and oxygen atoms in total. The second-order valence-electron chi connectivity index (χ2n) is 9.58. The fourth-order valence-electron chi connectivity index (χ4n) is 5.12. The lowest BCUT2D eigenvalue weighted by Gasteiger charge is -2.38. The van der Waals surface area contributed by atoms with Gasteiger partial charge in [-0.15, -0.1) is 11.8 Å². The minimum Gasteiger partial charge on any atom is -0.497 e. The van der Waals surface area contributed by atoms with Crippen LogP contribution in [0.15, 0.2) is 41.4 Å². The van der Waals surface area contributed by atoms with Gasteiger partial charge in [0, 0.05) is 59.8 Å². The minimum atomic E-state index is -1.23. The first kappa shape index (κ1) is 29.2. The number of Topliss-reactive ketones (excluding diaryl/α,β-unsaturated/α-hetero) is 1. The van der Waals surface area contributed by atoms with Gasteiger partial charge in [-0.2, -0.15) is 0 Å². The minimum absolute atomic E-state index is 0.0186. The van der Waals surface area contributed by atoms with Gasteiger partial charge in [0.25, 0.3) is 0 Å². The topological polar surface area (TPSA) is 79.7 Å². The van der Waals surface area contributed by atoms with Gasteiger partial charge in [-0.1, -0.05) is 11.6 Å². The zero-order valence-corrected chi connectivity index (χ0v) is 22.8. The normalized spacial score (nSPS) is 17.9. The third-order valence-corrected chi connectivity index (χ3v) is 8.37. The summed E-state index contributed by atoms with van der Waals surface area (Å²) < 4.78 is 46.2. The van der Waals surface area contributed by atoms with E-state index in [-0.39, 0.29) is 40.4 Å². The summed E-state index contributed by atoms with van der Waals surface area (Å²) in [5.41, 5.74) is 1.00. The van der Waals surface area contributed by atoms with Crippen LogP contribution in [0.2, 0.25) is 5.02 Å². The fourth-order valence-corrected chi connectivity index (χ4v) is 6.36. The van der Waals surface area contributed by atoms with Gasteiger partial charge in [-0.25, -0.2) is 13.2 Å². The van der Waals surface area contributed by atoms with Crippen molar-refractivity contribution in [2.45, 2.75) is 30.6 Å². The average molecular weight is 581 g/mol. The van der Waals surface area contributed by atoms with Crippen molar-refractivity contribution in [1.29, 1.82) is 0 Å². The SMILES string of the molecule is COc1ccc2ncc(Cl)c(C(=O)CCC3CCN(CCSc4cc(F)cc(F)c4F)CC3CC(=O)O)c2c1. The van der Waals surface area contributed by atoms with Crippen LogP contribution in [0.4, 0.5) is 13.2 Å². The van der Waals surface area contributed by atoms with Crippen LogP contribution in [0.3, 0.4) is 0 Å². The van der Waals surface area contributed by atoms with E-state index >= 15 is 0 Å². The number of carboxylic acid groups (broad SMARTS) is 1. The van der Waals surface area contributed by atoms with Gasteiger partial charge in [0.15, 0.2) is 17.4 Å². The summed E-state index contributed by atoms with van der Waals surface area (Å²) in [5, 5.41) is 10.4. The standard InChI is InChI=1S/C28H28ClF3N2O4S/c1-38-19-3-4-23-20(13-19)27(21(29)14-33-23)24(35)5-2-16-6-7-34(15-17(16)10-26(36)37)8-9-39-25-12-18(30)11-22(31)28(25)32/h3-4,11-14,16-17H,2,5-10,15H2,1H3,(H,36,37). The van der Waals surface area contributed by atoms with Crippen LogP contribution in [0.5, 0.6) is 5.75 Å². The summed E-state index contributed by atoms with van der Waals surface area (Å²) in [4.78, 5) is 31.2. The highest BCUT2D eigenvalue weighted by Gasteiger charge is 2.31. The van der Waals surface area contributed by atoms with E-state index in [1.807, 2.05) is 0 Å². The van der Waals surface area contributed by atoms with Crippen molar-refractivity contribution >= 4 is 46.0 Å². The van der Waals surface area contributed by atoms with Crippen LogP contribution in [0.25, 0.3) is 10.9 Å². The zero-order valence-electron chi connectivity index (χ0n) is 21.3. The van der Waals surface area contributed by atoms with E-state index < -0.39 is 23.4 Å². The Bertz CT molecular complexity index is 1380. The maximum absolute atomic E-state index is 13.9. The van der Waals surface area contributed by atoms with E-state index in [1.54, 1.807) is 18.2 Å². The number of hydrogen-bond acceptors (Lipinski definition) is 6. The van der Waals surface area contributed by atoms with Crippen LogP contribution in [0, 0.1) is 29.3 Å². The summed E-state index contributed by atoms with van der Waals surface area (Å²) in [6.45, 7) is 1.68. The molecule has 1 saturated heterocycles. The number of thioether (sulfide) groups is 1. The molecule has 1 aliphatic rings. The largest absolute Gasteiger partial charge is 0.497 e. The van der Waals surface area contributed by atoms with Gasteiger partial charge >= 0.3 is 5.97 Å². The molecule has 1 aromatic heterocycles. The second kappa shape index (κ2) is 13.0. The number of piperidine rings is 1. The van der Waals surface area contributed by atoms with Crippen molar-refractivity contribution in [1.82, 2.24) is 9.88 Å². The van der Waals surface area contributed by atoms with Crippen molar-refractivity contribution in [3.63, 3.8) is 0 Å². The molecule has 0 amide bonds. The third kappa shape index (κ3) is 7.23. The van der Waals surface area contributed by atoms with E-state index in [9.17, 15) is 27.9 Å². The molecular formula is C28H28ClF3N2O4S. The number of aromatic nitrogens is 1. The van der Waals surface area contributed by atoms with Crippen LogP contribution in [-0.4, -0.2) is 59.2 Å². The van der Waals surface area contributed by atoms with Crippen LogP contribution in [0.1, 0.15) is 36.0 Å². The Morgan fingerprint density at radius 3 is 2.74 bits per heavy atom. The number of benzene rings is 2. The molecule has 2 aromatic carbocycles. The molecule has 1 aliphatic heterocycles. The smallest absolute Gasteiger partial charge is 0.303 e. The Hall–Kier alpha value is -2.82. The van der Waals surface area contributed by atoms with Gasteiger partial charge in [-0.05, 0) is 55.5 Å². The van der Waals surface area contributed by atoms with Gasteiger partial charge in [0.1, 0.15) is 11.6 Å². The molecule has 0 saturated carbocycles. The fraction of sp³-hybridized carbons (Fsp3) is 0.393. The summed E-state index contributed by atoms with van der Waals surface area (Å²) in [6.07, 6.45) is 2.83. The maximum atomic E-state index is 13.9. The molecule has 0 spiro atoms. The second-order valence-corrected chi connectivity index (χ2v) is 11.1. The highest BCUT2D eigenvalue weighted by molar-refractivity contribution is 7.99. The predicted octanol–water partition coefficient (Wildman–Crippen LogP) is 6.48. The van der Waals surface area contributed by atoms with Crippen molar-refractivity contribution in [2.24, 2.45) is 11.8 Å². The van der Waals surface area contributed by atoms with Gasteiger partial charge in [0.2, 0.25) is 0 Å². The van der Waals surface area contributed by atoms with E-state index in [2.05, 4.69) is 9.88 Å². The van der Waals surface area contributed by atoms with E-state index in [1.165, 1.54) is 13.3 Å². The van der Waals surface area contributed by atoms with Crippen LogP contribution >= 0.6 is 23.4 Å². The first-order valence-corrected chi connectivity index (χ1v) is 13.9. The quantitative estimate of drug-likeness (QED) is 0.158. The Labute approximate surface area is 233 Å². The molecule has 0 radical (unpaired) electrons. The first-order chi connectivity index (χ1) is 18.7. The van der Waals surface area contributed by atoms with Crippen LogP contribution in [-0.2, 0) is 4.79 Å². The number of aliphatic carboxylic acids is 1. The van der Waals surface area contributed by atoms with E-state index in [4.69, 9.17) is 16.3 Å². The average Bonchev–Trinajstić information content (AvgIpc) is 2.90. The molecular weight excluding hydrogens is 553 g/mol. The maximum Gasteiger partial charge on any atom is 0.303 e. The summed E-state index contributed by atoms with van der Waals surface area (Å²) in [7, 11) is 1.54. The number of ether oxygens (including phenoxy) is 1. The lowest BCUT2D eigenvalue weighted by Crippen LogP contribution is -2.42.